The fraction of sp³-hybridized carbons (Fsp3) is 0. The quantitative estimate of drug-likeness (QED) is 0.778. The standard InChI is InChI=1S/C14H9ClN2O2/c15-10-2-4-11(5-3-10)17-8-16-12-6-1-9(14(18)19)7-13(12)17/h1-8H,(H,18,19). The zero-order chi connectivity index (χ0) is 13.4. The van der Waals surface area contributed by atoms with Crippen molar-refractivity contribution in [2.45, 2.75) is 0 Å². The van der Waals surface area contributed by atoms with Crippen LogP contribution in [0, 0.1) is 0 Å². The minimum Gasteiger partial charge on any atom is -0.478 e. The fourth-order valence-corrected chi connectivity index (χ4v) is 2.07. The van der Waals surface area contributed by atoms with Gasteiger partial charge in [-0.3, -0.25) is 4.57 Å². The summed E-state index contributed by atoms with van der Waals surface area (Å²) in [6, 6.07) is 12.1. The summed E-state index contributed by atoms with van der Waals surface area (Å²) in [6.07, 6.45) is 1.67. The van der Waals surface area contributed by atoms with Gasteiger partial charge < -0.3 is 5.11 Å². The molecule has 3 aromatic rings. The van der Waals surface area contributed by atoms with Gasteiger partial charge in [0, 0.05) is 10.7 Å². The fourth-order valence-electron chi connectivity index (χ4n) is 1.95. The Morgan fingerprint density at radius 1 is 1.16 bits per heavy atom. The van der Waals surface area contributed by atoms with E-state index in [2.05, 4.69) is 4.98 Å². The van der Waals surface area contributed by atoms with Crippen LogP contribution in [-0.2, 0) is 0 Å². The molecule has 19 heavy (non-hydrogen) atoms. The first-order valence-corrected chi connectivity index (χ1v) is 5.99. The molecule has 5 heteroatoms. The number of aromatic carboxylic acids is 1. The summed E-state index contributed by atoms with van der Waals surface area (Å²) in [5, 5.41) is 9.68. The third-order valence-electron chi connectivity index (χ3n) is 2.90. The van der Waals surface area contributed by atoms with E-state index in [1.807, 2.05) is 16.7 Å². The monoisotopic (exact) mass is 272 g/mol. The van der Waals surface area contributed by atoms with Crippen LogP contribution in [0.3, 0.4) is 0 Å². The summed E-state index contributed by atoms with van der Waals surface area (Å²) in [4.78, 5) is 15.3. The molecule has 0 aliphatic rings. The molecular weight excluding hydrogens is 264 g/mol. The van der Waals surface area contributed by atoms with Gasteiger partial charge >= 0.3 is 5.97 Å². The lowest BCUT2D eigenvalue weighted by Crippen LogP contribution is -1.97. The van der Waals surface area contributed by atoms with Crippen molar-refractivity contribution >= 4 is 28.6 Å². The van der Waals surface area contributed by atoms with Crippen LogP contribution in [0.4, 0.5) is 0 Å². The van der Waals surface area contributed by atoms with Crippen LogP contribution in [0.1, 0.15) is 10.4 Å². The Labute approximate surface area is 113 Å². The lowest BCUT2D eigenvalue weighted by molar-refractivity contribution is 0.0697. The van der Waals surface area contributed by atoms with E-state index in [9.17, 15) is 4.79 Å². The molecule has 1 N–H and O–H groups in total. The molecular formula is C14H9ClN2O2. The summed E-state index contributed by atoms with van der Waals surface area (Å²) >= 11 is 5.86. The summed E-state index contributed by atoms with van der Waals surface area (Å²) < 4.78 is 1.83. The van der Waals surface area contributed by atoms with Gasteiger partial charge in [-0.25, -0.2) is 9.78 Å². The number of imidazole rings is 1. The predicted molar refractivity (Wildman–Crippen MR) is 73.0 cm³/mol. The van der Waals surface area contributed by atoms with Gasteiger partial charge in [-0.05, 0) is 42.5 Å². The van der Waals surface area contributed by atoms with Crippen LogP contribution < -0.4 is 0 Å². The zero-order valence-electron chi connectivity index (χ0n) is 9.75. The van der Waals surface area contributed by atoms with E-state index < -0.39 is 5.97 Å². The highest BCUT2D eigenvalue weighted by atomic mass is 35.5. The van der Waals surface area contributed by atoms with Crippen LogP contribution in [0.5, 0.6) is 0 Å². The molecule has 1 aromatic heterocycles. The molecule has 0 amide bonds. The predicted octanol–water partition coefficient (Wildman–Crippen LogP) is 3.38. The van der Waals surface area contributed by atoms with Crippen LogP contribution in [0.25, 0.3) is 16.7 Å². The van der Waals surface area contributed by atoms with Crippen LogP contribution in [0.15, 0.2) is 48.8 Å². The van der Waals surface area contributed by atoms with Gasteiger partial charge in [0.25, 0.3) is 0 Å². The lowest BCUT2D eigenvalue weighted by Gasteiger charge is -2.04. The van der Waals surface area contributed by atoms with Crippen molar-refractivity contribution in [3.8, 4) is 5.69 Å². The van der Waals surface area contributed by atoms with Crippen molar-refractivity contribution in [1.29, 1.82) is 0 Å². The molecule has 94 valence electrons. The number of nitrogens with zero attached hydrogens (tertiary/aromatic N) is 2. The second kappa shape index (κ2) is 4.40. The first-order valence-electron chi connectivity index (χ1n) is 5.61. The van der Waals surface area contributed by atoms with Crippen molar-refractivity contribution in [1.82, 2.24) is 9.55 Å². The van der Waals surface area contributed by atoms with Gasteiger partial charge in [-0.2, -0.15) is 0 Å². The highest BCUT2D eigenvalue weighted by molar-refractivity contribution is 6.30. The number of benzene rings is 2. The number of rotatable bonds is 2. The van der Waals surface area contributed by atoms with E-state index in [-0.39, 0.29) is 5.56 Å². The average molecular weight is 273 g/mol. The normalized spacial score (nSPS) is 10.8. The number of aromatic nitrogens is 2. The average Bonchev–Trinajstić information content (AvgIpc) is 2.82. The zero-order valence-corrected chi connectivity index (χ0v) is 10.5. The summed E-state index contributed by atoms with van der Waals surface area (Å²) in [5.74, 6) is -0.953. The first kappa shape index (κ1) is 11.7. The molecule has 1 heterocycles. The van der Waals surface area contributed by atoms with Crippen molar-refractivity contribution in [2.24, 2.45) is 0 Å². The molecule has 0 radical (unpaired) electrons. The van der Waals surface area contributed by atoms with Gasteiger partial charge in [0.05, 0.1) is 16.6 Å². The Balaban J connectivity index is 2.21. The number of carboxylic acid groups (broad SMARTS) is 1. The topological polar surface area (TPSA) is 55.1 Å². The summed E-state index contributed by atoms with van der Waals surface area (Å²) in [6.45, 7) is 0. The van der Waals surface area contributed by atoms with Crippen molar-refractivity contribution in [3.63, 3.8) is 0 Å². The Morgan fingerprint density at radius 3 is 2.58 bits per heavy atom. The third-order valence-corrected chi connectivity index (χ3v) is 3.15. The second-order valence-corrected chi connectivity index (χ2v) is 4.54. The SMILES string of the molecule is O=C(O)c1ccc2ncn(-c3ccc(Cl)cc3)c2c1. The molecule has 0 aliphatic carbocycles. The number of carbonyl (C=O) groups is 1. The molecule has 4 nitrogen and oxygen atoms in total. The number of carboxylic acids is 1. The summed E-state index contributed by atoms with van der Waals surface area (Å²) in [7, 11) is 0. The largest absolute Gasteiger partial charge is 0.478 e. The Kier molecular flexibility index (Phi) is 2.72. The van der Waals surface area contributed by atoms with Crippen molar-refractivity contribution < 1.29 is 9.90 Å². The number of halogens is 1. The van der Waals surface area contributed by atoms with E-state index in [1.54, 1.807) is 36.7 Å². The molecule has 2 aromatic carbocycles. The molecule has 0 saturated carbocycles. The third kappa shape index (κ3) is 2.06. The minimum absolute atomic E-state index is 0.239. The maximum Gasteiger partial charge on any atom is 0.335 e. The molecule has 0 aliphatic heterocycles. The van der Waals surface area contributed by atoms with E-state index in [0.29, 0.717) is 5.02 Å². The van der Waals surface area contributed by atoms with Crippen LogP contribution in [0.2, 0.25) is 5.02 Å². The second-order valence-electron chi connectivity index (χ2n) is 4.10. The number of fused-ring (bicyclic) bond motifs is 1. The van der Waals surface area contributed by atoms with Crippen molar-refractivity contribution in [3.05, 3.63) is 59.4 Å². The van der Waals surface area contributed by atoms with Crippen molar-refractivity contribution in [2.75, 3.05) is 0 Å². The Morgan fingerprint density at radius 2 is 1.89 bits per heavy atom. The highest BCUT2D eigenvalue weighted by Crippen LogP contribution is 2.21. The smallest absolute Gasteiger partial charge is 0.335 e. The Bertz CT molecular complexity index is 763. The molecule has 0 saturated heterocycles. The maximum atomic E-state index is 11.0. The molecule has 0 atom stereocenters. The molecule has 0 bridgehead atoms. The highest BCUT2D eigenvalue weighted by Gasteiger charge is 2.09. The first-order chi connectivity index (χ1) is 9.15. The van der Waals surface area contributed by atoms with Gasteiger partial charge in [0.15, 0.2) is 0 Å². The molecule has 0 fully saturated rings. The summed E-state index contributed by atoms with van der Waals surface area (Å²) in [5.41, 5.74) is 2.62. The van der Waals surface area contributed by atoms with Gasteiger partial charge in [0.1, 0.15) is 6.33 Å². The van der Waals surface area contributed by atoms with Crippen LogP contribution >= 0.6 is 11.6 Å². The molecule has 0 spiro atoms. The number of hydrogen-bond donors (Lipinski definition) is 1. The van der Waals surface area contributed by atoms with E-state index in [0.717, 1.165) is 16.7 Å². The van der Waals surface area contributed by atoms with Gasteiger partial charge in [-0.15, -0.1) is 0 Å². The molecule has 3 rings (SSSR count). The Hall–Kier alpha value is -2.33. The van der Waals surface area contributed by atoms with Crippen LogP contribution in [-0.4, -0.2) is 20.6 Å². The van der Waals surface area contributed by atoms with Gasteiger partial charge in [-0.1, -0.05) is 11.6 Å². The van der Waals surface area contributed by atoms with Gasteiger partial charge in [0.2, 0.25) is 0 Å². The lowest BCUT2D eigenvalue weighted by atomic mass is 10.2. The van der Waals surface area contributed by atoms with E-state index in [1.165, 1.54) is 0 Å². The maximum absolute atomic E-state index is 11.0. The van der Waals surface area contributed by atoms with E-state index >= 15 is 0 Å². The minimum atomic E-state index is -0.953. The molecule has 0 unspecified atom stereocenters. The van der Waals surface area contributed by atoms with E-state index in [4.69, 9.17) is 16.7 Å². The number of hydrogen-bond acceptors (Lipinski definition) is 2.